The van der Waals surface area contributed by atoms with Crippen molar-refractivity contribution in [1.29, 1.82) is 0 Å². The van der Waals surface area contributed by atoms with E-state index < -0.39 is 11.4 Å². The fourth-order valence-electron chi connectivity index (χ4n) is 2.51. The Morgan fingerprint density at radius 1 is 1.37 bits per heavy atom. The smallest absolute Gasteiger partial charge is 0.310 e. The summed E-state index contributed by atoms with van der Waals surface area (Å²) in [5, 5.41) is 9.47. The molecule has 4 heteroatoms. The first kappa shape index (κ1) is 13.6. The molecule has 4 nitrogen and oxygen atoms in total. The van der Waals surface area contributed by atoms with Gasteiger partial charge in [0.1, 0.15) is 5.82 Å². The Hall–Kier alpha value is -1.84. The fraction of sp³-hybridized carbons (Fsp3) is 0.467. The van der Waals surface area contributed by atoms with Gasteiger partial charge in [-0.25, -0.2) is 4.98 Å². The van der Waals surface area contributed by atoms with E-state index >= 15 is 0 Å². The minimum Gasteiger partial charge on any atom is -0.481 e. The van der Waals surface area contributed by atoms with Crippen LogP contribution in [0.4, 0.5) is 0 Å². The summed E-state index contributed by atoms with van der Waals surface area (Å²) in [6.07, 6.45) is 1.66. The number of para-hydroxylation sites is 1. The van der Waals surface area contributed by atoms with E-state index in [1.807, 2.05) is 39.0 Å². The highest BCUT2D eigenvalue weighted by Crippen LogP contribution is 2.31. The van der Waals surface area contributed by atoms with Crippen LogP contribution in [0.2, 0.25) is 0 Å². The highest BCUT2D eigenvalue weighted by atomic mass is 16.4. The molecule has 0 bridgehead atoms. The molecule has 102 valence electrons. The molecule has 1 aromatic heterocycles. The largest absolute Gasteiger partial charge is 0.481 e. The second-order valence-electron chi connectivity index (χ2n) is 5.12. The maximum absolute atomic E-state index is 11.5. The minimum absolute atomic E-state index is 0.448. The first-order valence-corrected chi connectivity index (χ1v) is 6.70. The summed E-state index contributed by atoms with van der Waals surface area (Å²) >= 11 is 0. The first-order valence-electron chi connectivity index (χ1n) is 6.70. The van der Waals surface area contributed by atoms with E-state index in [0.717, 1.165) is 22.4 Å². The van der Waals surface area contributed by atoms with Crippen LogP contribution in [0.15, 0.2) is 18.2 Å². The van der Waals surface area contributed by atoms with Crippen molar-refractivity contribution in [2.24, 2.45) is 5.41 Å². The molecule has 0 unspecified atom stereocenters. The average molecular weight is 260 g/mol. The van der Waals surface area contributed by atoms with Gasteiger partial charge in [0.2, 0.25) is 0 Å². The van der Waals surface area contributed by atoms with E-state index in [4.69, 9.17) is 0 Å². The summed E-state index contributed by atoms with van der Waals surface area (Å²) < 4.78 is 0. The quantitative estimate of drug-likeness (QED) is 0.866. The topological polar surface area (TPSA) is 66.0 Å². The van der Waals surface area contributed by atoms with Crippen LogP contribution in [0.5, 0.6) is 0 Å². The number of nitrogens with one attached hydrogen (secondary N) is 1. The third kappa shape index (κ3) is 2.35. The molecular weight excluding hydrogens is 240 g/mol. The van der Waals surface area contributed by atoms with Crippen molar-refractivity contribution >= 4 is 17.0 Å². The van der Waals surface area contributed by atoms with Gasteiger partial charge in [-0.15, -0.1) is 0 Å². The Balaban J connectivity index is 2.40. The number of carboxylic acids is 1. The molecule has 2 aromatic rings. The standard InChI is InChI=1S/C15H20N2O2/c1-4-15(5-2,14(18)19)9-12-16-11-8-6-7-10(3)13(11)17-12/h6-8H,4-5,9H2,1-3H3,(H,16,17)(H,18,19). The average Bonchev–Trinajstić information content (AvgIpc) is 2.79. The maximum Gasteiger partial charge on any atom is 0.310 e. The summed E-state index contributed by atoms with van der Waals surface area (Å²) in [5.74, 6) is 0.0186. The molecule has 0 saturated heterocycles. The van der Waals surface area contributed by atoms with Gasteiger partial charge in [-0.2, -0.15) is 0 Å². The van der Waals surface area contributed by atoms with Crippen molar-refractivity contribution in [3.8, 4) is 0 Å². The molecule has 2 N–H and O–H groups in total. The van der Waals surface area contributed by atoms with Crippen LogP contribution in [0.3, 0.4) is 0 Å². The number of carboxylic acid groups (broad SMARTS) is 1. The zero-order chi connectivity index (χ0) is 14.0. The van der Waals surface area contributed by atoms with Crippen molar-refractivity contribution in [3.05, 3.63) is 29.6 Å². The number of H-pyrrole nitrogens is 1. The highest BCUT2D eigenvalue weighted by molar-refractivity contribution is 5.79. The Bertz CT molecular complexity index is 597. The number of nitrogens with zero attached hydrogens (tertiary/aromatic N) is 1. The maximum atomic E-state index is 11.5. The summed E-state index contributed by atoms with van der Waals surface area (Å²) in [7, 11) is 0. The second kappa shape index (κ2) is 5.03. The van der Waals surface area contributed by atoms with Crippen LogP contribution in [-0.2, 0) is 11.2 Å². The van der Waals surface area contributed by atoms with E-state index in [1.165, 1.54) is 0 Å². The van der Waals surface area contributed by atoms with Gasteiger partial charge in [0.05, 0.1) is 16.4 Å². The lowest BCUT2D eigenvalue weighted by molar-refractivity contribution is -0.149. The number of benzene rings is 1. The number of aromatic nitrogens is 2. The van der Waals surface area contributed by atoms with Gasteiger partial charge in [0.15, 0.2) is 0 Å². The van der Waals surface area contributed by atoms with Crippen molar-refractivity contribution < 1.29 is 9.90 Å². The molecule has 1 heterocycles. The molecule has 1 aromatic carbocycles. The lowest BCUT2D eigenvalue weighted by Gasteiger charge is -2.25. The summed E-state index contributed by atoms with van der Waals surface area (Å²) in [5.41, 5.74) is 2.29. The van der Waals surface area contributed by atoms with Gasteiger partial charge >= 0.3 is 5.97 Å². The van der Waals surface area contributed by atoms with Crippen molar-refractivity contribution in [3.63, 3.8) is 0 Å². The summed E-state index contributed by atoms with van der Waals surface area (Å²) in [4.78, 5) is 19.3. The number of aliphatic carboxylic acids is 1. The van der Waals surface area contributed by atoms with Crippen LogP contribution >= 0.6 is 0 Å². The van der Waals surface area contributed by atoms with Crippen LogP contribution in [0.25, 0.3) is 11.0 Å². The lowest BCUT2D eigenvalue weighted by Crippen LogP contribution is -2.32. The van der Waals surface area contributed by atoms with Crippen LogP contribution in [0.1, 0.15) is 38.1 Å². The zero-order valence-corrected chi connectivity index (χ0v) is 11.7. The lowest BCUT2D eigenvalue weighted by atomic mass is 9.79. The van der Waals surface area contributed by atoms with Gasteiger partial charge in [-0.1, -0.05) is 26.0 Å². The van der Waals surface area contributed by atoms with E-state index in [-0.39, 0.29) is 0 Å². The molecule has 19 heavy (non-hydrogen) atoms. The minimum atomic E-state index is -0.741. The highest BCUT2D eigenvalue weighted by Gasteiger charge is 2.36. The van der Waals surface area contributed by atoms with E-state index in [2.05, 4.69) is 9.97 Å². The molecule has 0 radical (unpaired) electrons. The van der Waals surface area contributed by atoms with E-state index in [9.17, 15) is 9.90 Å². The van der Waals surface area contributed by atoms with Gasteiger partial charge in [0.25, 0.3) is 0 Å². The number of fused-ring (bicyclic) bond motifs is 1. The van der Waals surface area contributed by atoms with Gasteiger partial charge in [0, 0.05) is 6.42 Å². The molecule has 0 saturated carbocycles. The van der Waals surface area contributed by atoms with Crippen LogP contribution in [0, 0.1) is 12.3 Å². The summed E-state index contributed by atoms with van der Waals surface area (Å²) in [6, 6.07) is 5.96. The number of rotatable bonds is 5. The monoisotopic (exact) mass is 260 g/mol. The van der Waals surface area contributed by atoms with Crippen molar-refractivity contribution in [2.75, 3.05) is 0 Å². The van der Waals surface area contributed by atoms with E-state index in [1.54, 1.807) is 0 Å². The van der Waals surface area contributed by atoms with Crippen molar-refractivity contribution in [2.45, 2.75) is 40.0 Å². The van der Waals surface area contributed by atoms with Crippen molar-refractivity contribution in [1.82, 2.24) is 9.97 Å². The third-order valence-corrected chi connectivity index (χ3v) is 4.08. The molecule has 0 aliphatic carbocycles. The molecule has 0 fully saturated rings. The molecule has 0 spiro atoms. The molecule has 2 rings (SSSR count). The molecule has 0 aliphatic rings. The Morgan fingerprint density at radius 3 is 2.58 bits per heavy atom. The number of carbonyl (C=O) groups is 1. The Kier molecular flexibility index (Phi) is 3.60. The van der Waals surface area contributed by atoms with Gasteiger partial charge in [-0.3, -0.25) is 4.79 Å². The third-order valence-electron chi connectivity index (χ3n) is 4.08. The molecule has 0 aliphatic heterocycles. The van der Waals surface area contributed by atoms with Crippen LogP contribution in [-0.4, -0.2) is 21.0 Å². The number of hydrogen-bond acceptors (Lipinski definition) is 2. The zero-order valence-electron chi connectivity index (χ0n) is 11.7. The predicted octanol–water partition coefficient (Wildman–Crippen LogP) is 3.30. The fourth-order valence-corrected chi connectivity index (χ4v) is 2.51. The van der Waals surface area contributed by atoms with Gasteiger partial charge in [-0.05, 0) is 31.4 Å². The Morgan fingerprint density at radius 2 is 2.05 bits per heavy atom. The number of imidazole rings is 1. The number of hydrogen-bond donors (Lipinski definition) is 2. The molecule has 0 amide bonds. The molecular formula is C15H20N2O2. The summed E-state index contributed by atoms with van der Waals surface area (Å²) in [6.45, 7) is 5.86. The second-order valence-corrected chi connectivity index (χ2v) is 5.12. The number of aromatic amines is 1. The first-order chi connectivity index (χ1) is 9.02. The van der Waals surface area contributed by atoms with Crippen LogP contribution < -0.4 is 0 Å². The Labute approximate surface area is 112 Å². The molecule has 0 atom stereocenters. The van der Waals surface area contributed by atoms with E-state index in [0.29, 0.717) is 19.3 Å². The number of aryl methyl sites for hydroxylation is 1. The predicted molar refractivity (Wildman–Crippen MR) is 75.2 cm³/mol. The van der Waals surface area contributed by atoms with Gasteiger partial charge < -0.3 is 10.1 Å². The SMILES string of the molecule is CCC(CC)(Cc1nc2c(C)cccc2[nH]1)C(=O)O. The normalized spacial score (nSPS) is 11.9.